The summed E-state index contributed by atoms with van der Waals surface area (Å²) < 4.78 is 16.1. The first-order chi connectivity index (χ1) is 11.2. The molecule has 1 N–H and O–H groups in total. The van der Waals surface area contributed by atoms with E-state index < -0.39 is 7.12 Å². The molecular weight excluding hydrogens is 295 g/mol. The molecule has 1 aromatic heterocycles. The molecule has 6 nitrogen and oxygen atoms in total. The van der Waals surface area contributed by atoms with E-state index in [1.54, 1.807) is 19.5 Å². The number of ether oxygens (including phenoxy) is 2. The largest absolute Gasteiger partial charge is 0.493 e. The zero-order valence-corrected chi connectivity index (χ0v) is 13.2. The van der Waals surface area contributed by atoms with E-state index in [0.29, 0.717) is 31.0 Å². The Hall–Kier alpha value is -2.12. The maximum atomic E-state index is 9.50. The summed E-state index contributed by atoms with van der Waals surface area (Å²) in [6.07, 6.45) is 3.99. The molecule has 0 bridgehead atoms. The van der Waals surface area contributed by atoms with E-state index in [1.165, 1.54) is 0 Å². The maximum Gasteiger partial charge on any atom is 0.454 e. The molecule has 1 aromatic carbocycles. The van der Waals surface area contributed by atoms with E-state index in [4.69, 9.17) is 14.1 Å². The first-order valence-electron chi connectivity index (χ1n) is 7.64. The normalized spacial score (nSPS) is 17.3. The Labute approximate surface area is 135 Å². The lowest BCUT2D eigenvalue weighted by molar-refractivity contribution is 0.291. The van der Waals surface area contributed by atoms with Crippen LogP contribution in [0.2, 0.25) is 6.32 Å². The van der Waals surface area contributed by atoms with Crippen LogP contribution in [0.25, 0.3) is 11.3 Å². The zero-order valence-electron chi connectivity index (χ0n) is 13.2. The van der Waals surface area contributed by atoms with Gasteiger partial charge >= 0.3 is 7.12 Å². The van der Waals surface area contributed by atoms with Crippen LogP contribution < -0.4 is 9.47 Å². The van der Waals surface area contributed by atoms with Crippen LogP contribution >= 0.6 is 0 Å². The predicted molar refractivity (Wildman–Crippen MR) is 86.7 cm³/mol. The number of hydrogen-bond acceptors (Lipinski definition) is 6. The molecule has 2 aromatic rings. The molecule has 0 saturated carbocycles. The number of hydrogen-bond donors (Lipinski definition) is 1. The number of nitrogens with zero attached hydrogens (tertiary/aromatic N) is 2. The number of methoxy groups -OCH3 is 1. The van der Waals surface area contributed by atoms with Gasteiger partial charge in [-0.2, -0.15) is 0 Å². The van der Waals surface area contributed by atoms with Crippen molar-refractivity contribution in [1.29, 1.82) is 0 Å². The Kier molecular flexibility index (Phi) is 4.78. The highest BCUT2D eigenvalue weighted by molar-refractivity contribution is 6.43. The minimum absolute atomic E-state index is 0.0714. The molecule has 1 aliphatic rings. The third-order valence-corrected chi connectivity index (χ3v) is 3.81. The molecule has 120 valence electrons. The number of aromatic nitrogens is 2. The van der Waals surface area contributed by atoms with E-state index in [2.05, 4.69) is 9.97 Å². The Balaban J connectivity index is 1.91. The standard InChI is InChI=1S/C16H19BN2O4/c1-3-22-16-6-11(4-5-15(16)21-2)13-8-18-9-14(19-13)12-7-17(20)23-10-12/h4-6,8-9,12,20H,3,7,10H2,1-2H3/t12-/m1/s1. The van der Waals surface area contributed by atoms with Gasteiger partial charge in [0.15, 0.2) is 11.5 Å². The summed E-state index contributed by atoms with van der Waals surface area (Å²) in [7, 11) is 0.902. The second-order valence-corrected chi connectivity index (χ2v) is 5.35. The highest BCUT2D eigenvalue weighted by Gasteiger charge is 2.30. The molecule has 0 unspecified atom stereocenters. The Morgan fingerprint density at radius 3 is 2.91 bits per heavy atom. The van der Waals surface area contributed by atoms with Crippen molar-refractivity contribution in [2.24, 2.45) is 0 Å². The van der Waals surface area contributed by atoms with Crippen molar-refractivity contribution in [3.05, 3.63) is 36.3 Å². The van der Waals surface area contributed by atoms with Crippen LogP contribution in [-0.4, -0.2) is 42.4 Å². The summed E-state index contributed by atoms with van der Waals surface area (Å²) in [6, 6.07) is 5.68. The van der Waals surface area contributed by atoms with Gasteiger partial charge in [0.25, 0.3) is 0 Å². The van der Waals surface area contributed by atoms with Crippen molar-refractivity contribution < 1.29 is 19.2 Å². The molecule has 1 saturated heterocycles. The highest BCUT2D eigenvalue weighted by Crippen LogP contribution is 2.33. The minimum Gasteiger partial charge on any atom is -0.493 e. The SMILES string of the molecule is CCOc1cc(-c2cncc([C@H]3COB(O)C3)n2)ccc1OC. The van der Waals surface area contributed by atoms with Gasteiger partial charge in [-0.15, -0.1) is 0 Å². The van der Waals surface area contributed by atoms with Gasteiger partial charge in [-0.3, -0.25) is 4.98 Å². The first-order valence-corrected chi connectivity index (χ1v) is 7.64. The van der Waals surface area contributed by atoms with Crippen LogP contribution in [0.15, 0.2) is 30.6 Å². The summed E-state index contributed by atoms with van der Waals surface area (Å²) in [4.78, 5) is 8.94. The number of rotatable bonds is 5. The summed E-state index contributed by atoms with van der Waals surface area (Å²) >= 11 is 0. The van der Waals surface area contributed by atoms with Crippen molar-refractivity contribution in [2.45, 2.75) is 19.2 Å². The third kappa shape index (κ3) is 3.46. The van der Waals surface area contributed by atoms with Gasteiger partial charge in [-0.25, -0.2) is 4.98 Å². The average Bonchev–Trinajstić information content (AvgIpc) is 3.02. The maximum absolute atomic E-state index is 9.50. The summed E-state index contributed by atoms with van der Waals surface area (Å²) in [5.41, 5.74) is 2.49. The van der Waals surface area contributed by atoms with Crippen molar-refractivity contribution >= 4 is 7.12 Å². The van der Waals surface area contributed by atoms with Gasteiger partial charge < -0.3 is 19.2 Å². The zero-order chi connectivity index (χ0) is 16.2. The van der Waals surface area contributed by atoms with E-state index in [9.17, 15) is 5.02 Å². The van der Waals surface area contributed by atoms with Crippen molar-refractivity contribution in [3.63, 3.8) is 0 Å². The van der Waals surface area contributed by atoms with Crippen LogP contribution in [0, 0.1) is 0 Å². The van der Waals surface area contributed by atoms with Gasteiger partial charge in [0.2, 0.25) is 0 Å². The molecule has 2 heterocycles. The third-order valence-electron chi connectivity index (χ3n) is 3.81. The van der Waals surface area contributed by atoms with Crippen molar-refractivity contribution in [2.75, 3.05) is 20.3 Å². The smallest absolute Gasteiger partial charge is 0.454 e. The van der Waals surface area contributed by atoms with Crippen LogP contribution in [0.4, 0.5) is 0 Å². The molecule has 1 fully saturated rings. The summed E-state index contributed by atoms with van der Waals surface area (Å²) in [5.74, 6) is 1.44. The van der Waals surface area contributed by atoms with E-state index >= 15 is 0 Å². The quantitative estimate of drug-likeness (QED) is 0.853. The number of benzene rings is 1. The molecule has 3 rings (SSSR count). The second-order valence-electron chi connectivity index (χ2n) is 5.35. The highest BCUT2D eigenvalue weighted by atomic mass is 16.5. The summed E-state index contributed by atoms with van der Waals surface area (Å²) in [5, 5.41) is 9.50. The van der Waals surface area contributed by atoms with Crippen LogP contribution in [0.1, 0.15) is 18.5 Å². The van der Waals surface area contributed by atoms with E-state index in [0.717, 1.165) is 17.0 Å². The van der Waals surface area contributed by atoms with Crippen LogP contribution in [-0.2, 0) is 4.65 Å². The fraction of sp³-hybridized carbons (Fsp3) is 0.375. The fourth-order valence-electron chi connectivity index (χ4n) is 2.63. The lowest BCUT2D eigenvalue weighted by atomic mass is 9.81. The van der Waals surface area contributed by atoms with E-state index in [1.807, 2.05) is 25.1 Å². The van der Waals surface area contributed by atoms with Gasteiger partial charge in [0.1, 0.15) is 0 Å². The van der Waals surface area contributed by atoms with Gasteiger partial charge in [-0.1, -0.05) is 0 Å². The fourth-order valence-corrected chi connectivity index (χ4v) is 2.63. The Morgan fingerprint density at radius 2 is 2.22 bits per heavy atom. The molecule has 1 aliphatic heterocycles. The second kappa shape index (κ2) is 6.98. The predicted octanol–water partition coefficient (Wildman–Crippen LogP) is 2.15. The van der Waals surface area contributed by atoms with Gasteiger partial charge in [0.05, 0.1) is 31.3 Å². The van der Waals surface area contributed by atoms with Crippen LogP contribution in [0.3, 0.4) is 0 Å². The minimum atomic E-state index is -0.712. The monoisotopic (exact) mass is 314 g/mol. The van der Waals surface area contributed by atoms with Gasteiger partial charge in [0, 0.05) is 24.3 Å². The first kappa shape index (κ1) is 15.8. The molecule has 0 aliphatic carbocycles. The molecule has 0 radical (unpaired) electrons. The molecule has 1 atom stereocenters. The molecule has 23 heavy (non-hydrogen) atoms. The molecular formula is C16H19BN2O4. The molecule has 7 heteroatoms. The lowest BCUT2D eigenvalue weighted by Gasteiger charge is -2.12. The Morgan fingerprint density at radius 1 is 1.35 bits per heavy atom. The lowest BCUT2D eigenvalue weighted by Crippen LogP contribution is -2.08. The van der Waals surface area contributed by atoms with Crippen LogP contribution in [0.5, 0.6) is 11.5 Å². The van der Waals surface area contributed by atoms with Crippen molar-refractivity contribution in [3.8, 4) is 22.8 Å². The van der Waals surface area contributed by atoms with E-state index in [-0.39, 0.29) is 5.92 Å². The van der Waals surface area contributed by atoms with Gasteiger partial charge in [-0.05, 0) is 31.4 Å². The van der Waals surface area contributed by atoms with Crippen molar-refractivity contribution in [1.82, 2.24) is 9.97 Å². The summed E-state index contributed by atoms with van der Waals surface area (Å²) in [6.45, 7) is 2.95. The molecule has 0 amide bonds. The topological polar surface area (TPSA) is 73.7 Å². The average molecular weight is 314 g/mol. The Bertz CT molecular complexity index is 683. The molecule has 0 spiro atoms.